The van der Waals surface area contributed by atoms with Crippen LogP contribution in [0.25, 0.3) is 5.69 Å². The van der Waals surface area contributed by atoms with E-state index in [-0.39, 0.29) is 47.1 Å². The number of fused-ring (bicyclic) bond motifs is 1. The van der Waals surface area contributed by atoms with Crippen LogP contribution in [-0.4, -0.2) is 33.9 Å². The van der Waals surface area contributed by atoms with Gasteiger partial charge in [0.25, 0.3) is 0 Å². The van der Waals surface area contributed by atoms with Crippen LogP contribution in [-0.2, 0) is 21.5 Å². The molecule has 6 nitrogen and oxygen atoms in total. The summed E-state index contributed by atoms with van der Waals surface area (Å²) < 4.78 is 15.2. The Kier molecular flexibility index (Phi) is 7.88. The predicted molar refractivity (Wildman–Crippen MR) is 161 cm³/mol. The lowest BCUT2D eigenvalue weighted by Crippen LogP contribution is -2.42. The quantitative estimate of drug-likeness (QED) is 0.286. The van der Waals surface area contributed by atoms with Crippen LogP contribution in [0.4, 0.5) is 10.2 Å². The Morgan fingerprint density at radius 1 is 1.12 bits per heavy atom. The van der Waals surface area contributed by atoms with Crippen LogP contribution < -0.4 is 10.2 Å². The fourth-order valence-electron chi connectivity index (χ4n) is 4.95. The lowest BCUT2D eigenvalue weighted by atomic mass is 9.88. The zero-order chi connectivity index (χ0) is 28.6. The molecule has 40 heavy (non-hydrogen) atoms. The zero-order valence-corrected chi connectivity index (χ0v) is 25.0. The standard InChI is InChI=1S/C31H33FN4O2S2/c1-19-8-13-23(20(2)15-19)36-30-27(29(34-36)31(3,4)5)28(24-7-6-14-39-24)40-18-26(38)35(30)17-25(37)33-16-21-9-11-22(32)12-10-21/h6-15,28H,16-18H2,1-5H3,(H,33,37). The van der Waals surface area contributed by atoms with Crippen molar-refractivity contribution in [3.63, 3.8) is 0 Å². The number of anilines is 1. The van der Waals surface area contributed by atoms with Gasteiger partial charge in [-0.15, -0.1) is 23.1 Å². The maximum atomic E-state index is 13.8. The topological polar surface area (TPSA) is 67.2 Å². The number of aryl methyl sites for hydroxylation is 2. The number of thiophene rings is 1. The van der Waals surface area contributed by atoms with Gasteiger partial charge in [0.15, 0.2) is 0 Å². The molecule has 1 aliphatic rings. The third-order valence-electron chi connectivity index (χ3n) is 6.89. The first-order chi connectivity index (χ1) is 19.0. The fourth-order valence-corrected chi connectivity index (χ4v) is 7.13. The van der Waals surface area contributed by atoms with Gasteiger partial charge in [0, 0.05) is 22.4 Å². The summed E-state index contributed by atoms with van der Waals surface area (Å²) in [6.45, 7) is 10.6. The van der Waals surface area contributed by atoms with Gasteiger partial charge in [0.1, 0.15) is 18.2 Å². The van der Waals surface area contributed by atoms with E-state index >= 15 is 0 Å². The van der Waals surface area contributed by atoms with E-state index in [1.165, 1.54) is 12.1 Å². The molecule has 0 fully saturated rings. The Bertz CT molecular complexity index is 1540. The summed E-state index contributed by atoms with van der Waals surface area (Å²) in [4.78, 5) is 29.8. The molecule has 9 heteroatoms. The summed E-state index contributed by atoms with van der Waals surface area (Å²) in [5, 5.41) is 10.0. The number of rotatable bonds is 6. The van der Waals surface area contributed by atoms with Crippen molar-refractivity contribution in [2.75, 3.05) is 17.2 Å². The monoisotopic (exact) mass is 576 g/mol. The largest absolute Gasteiger partial charge is 0.350 e. The summed E-state index contributed by atoms with van der Waals surface area (Å²) >= 11 is 3.24. The van der Waals surface area contributed by atoms with Crippen molar-refractivity contribution in [1.29, 1.82) is 0 Å². The molecule has 2 amide bonds. The van der Waals surface area contributed by atoms with Crippen molar-refractivity contribution in [3.05, 3.63) is 98.6 Å². The van der Waals surface area contributed by atoms with Gasteiger partial charge >= 0.3 is 0 Å². The molecule has 0 saturated carbocycles. The van der Waals surface area contributed by atoms with Gasteiger partial charge < -0.3 is 5.32 Å². The lowest BCUT2D eigenvalue weighted by molar-refractivity contribution is -0.123. The van der Waals surface area contributed by atoms with E-state index in [1.807, 2.05) is 42.1 Å². The number of benzene rings is 2. The zero-order valence-electron chi connectivity index (χ0n) is 23.3. The van der Waals surface area contributed by atoms with E-state index in [0.29, 0.717) is 5.82 Å². The van der Waals surface area contributed by atoms with E-state index in [9.17, 15) is 14.0 Å². The van der Waals surface area contributed by atoms with Crippen LogP contribution in [0.2, 0.25) is 0 Å². The average Bonchev–Trinajstić information content (AvgIpc) is 3.54. The SMILES string of the molecule is Cc1ccc(-n2nc(C(C)(C)C)c3c2N(CC(=O)NCc2ccc(F)cc2)C(=O)CSC3c2cccs2)c(C)c1. The highest BCUT2D eigenvalue weighted by Gasteiger charge is 2.40. The molecule has 208 valence electrons. The maximum Gasteiger partial charge on any atom is 0.240 e. The molecule has 4 aromatic rings. The minimum atomic E-state index is -0.329. The van der Waals surface area contributed by atoms with Crippen LogP contribution in [0.15, 0.2) is 60.0 Å². The van der Waals surface area contributed by atoms with Gasteiger partial charge in [0.2, 0.25) is 11.8 Å². The summed E-state index contributed by atoms with van der Waals surface area (Å²) in [7, 11) is 0. The van der Waals surface area contributed by atoms with Gasteiger partial charge in [-0.05, 0) is 54.6 Å². The number of amides is 2. The number of thioether (sulfide) groups is 1. The molecule has 0 bridgehead atoms. The van der Waals surface area contributed by atoms with Crippen LogP contribution in [0, 0.1) is 19.7 Å². The van der Waals surface area contributed by atoms with E-state index in [0.717, 1.165) is 38.5 Å². The maximum absolute atomic E-state index is 13.8. The number of carbonyl (C=O) groups is 2. The van der Waals surface area contributed by atoms with E-state index < -0.39 is 0 Å². The second-order valence-corrected chi connectivity index (χ2v) is 13.2. The smallest absolute Gasteiger partial charge is 0.240 e. The van der Waals surface area contributed by atoms with E-state index in [2.05, 4.69) is 38.2 Å². The van der Waals surface area contributed by atoms with Crippen molar-refractivity contribution in [2.24, 2.45) is 0 Å². The Hall–Kier alpha value is -3.43. The van der Waals surface area contributed by atoms with Gasteiger partial charge in [-0.25, -0.2) is 9.07 Å². The summed E-state index contributed by atoms with van der Waals surface area (Å²) in [5.41, 5.74) is 5.38. The third kappa shape index (κ3) is 5.71. The van der Waals surface area contributed by atoms with Gasteiger partial charge in [-0.3, -0.25) is 14.5 Å². The Labute approximate surface area is 242 Å². The van der Waals surface area contributed by atoms with Gasteiger partial charge in [-0.2, -0.15) is 5.10 Å². The second kappa shape index (κ2) is 11.2. The number of nitrogens with zero attached hydrogens (tertiary/aromatic N) is 3. The number of hydrogen-bond acceptors (Lipinski definition) is 5. The number of hydrogen-bond donors (Lipinski definition) is 1. The van der Waals surface area contributed by atoms with Crippen molar-refractivity contribution in [1.82, 2.24) is 15.1 Å². The molecular formula is C31H33FN4O2S2. The first-order valence-corrected chi connectivity index (χ1v) is 15.1. The van der Waals surface area contributed by atoms with Crippen LogP contribution in [0.5, 0.6) is 0 Å². The normalized spacial score (nSPS) is 15.6. The Morgan fingerprint density at radius 3 is 2.52 bits per heavy atom. The molecule has 1 N–H and O–H groups in total. The predicted octanol–water partition coefficient (Wildman–Crippen LogP) is 6.47. The molecule has 0 aliphatic carbocycles. The number of nitrogens with one attached hydrogen (secondary N) is 1. The first kappa shape index (κ1) is 28.1. The van der Waals surface area contributed by atoms with Crippen LogP contribution >= 0.6 is 23.1 Å². The van der Waals surface area contributed by atoms with Gasteiger partial charge in [-0.1, -0.05) is 56.7 Å². The molecule has 1 aliphatic heterocycles. The van der Waals surface area contributed by atoms with E-state index in [4.69, 9.17) is 5.10 Å². The molecule has 5 rings (SSSR count). The van der Waals surface area contributed by atoms with Gasteiger partial charge in [0.05, 0.1) is 22.4 Å². The van der Waals surface area contributed by atoms with Crippen LogP contribution in [0.3, 0.4) is 0 Å². The summed E-state index contributed by atoms with van der Waals surface area (Å²) in [6.07, 6.45) is 0. The van der Waals surface area contributed by atoms with Crippen molar-refractivity contribution in [3.8, 4) is 5.69 Å². The minimum absolute atomic E-state index is 0.0973. The Balaban J connectivity index is 1.63. The molecule has 1 atom stereocenters. The summed E-state index contributed by atoms with van der Waals surface area (Å²) in [5.74, 6) is 0.105. The molecule has 3 heterocycles. The molecule has 0 saturated heterocycles. The summed E-state index contributed by atoms with van der Waals surface area (Å²) in [6, 6.07) is 16.3. The molecular weight excluding hydrogens is 543 g/mol. The van der Waals surface area contributed by atoms with E-state index in [1.54, 1.807) is 40.1 Å². The average molecular weight is 577 g/mol. The van der Waals surface area contributed by atoms with Crippen molar-refractivity contribution < 1.29 is 14.0 Å². The molecule has 2 aromatic heterocycles. The fraction of sp³-hybridized carbons (Fsp3) is 0.323. The number of carbonyl (C=O) groups excluding carboxylic acids is 2. The van der Waals surface area contributed by atoms with Crippen molar-refractivity contribution >= 4 is 40.7 Å². The van der Waals surface area contributed by atoms with Crippen molar-refractivity contribution in [2.45, 2.75) is 51.8 Å². The molecule has 0 spiro atoms. The lowest BCUT2D eigenvalue weighted by Gasteiger charge is -2.24. The van der Waals surface area contributed by atoms with Crippen LogP contribution in [0.1, 0.15) is 58.8 Å². The molecule has 1 unspecified atom stereocenters. The molecule has 0 radical (unpaired) electrons. The second-order valence-electron chi connectivity index (χ2n) is 11.1. The minimum Gasteiger partial charge on any atom is -0.350 e. The highest BCUT2D eigenvalue weighted by Crippen LogP contribution is 2.49. The highest BCUT2D eigenvalue weighted by atomic mass is 32.2. The first-order valence-electron chi connectivity index (χ1n) is 13.2. The molecule has 2 aromatic carbocycles. The number of halogens is 1. The third-order valence-corrected chi connectivity index (χ3v) is 9.21. The number of aromatic nitrogens is 2. The highest BCUT2D eigenvalue weighted by molar-refractivity contribution is 8.00. The Morgan fingerprint density at radius 2 is 1.88 bits per heavy atom.